The first-order valence-corrected chi connectivity index (χ1v) is 11.8. The molecule has 7 nitrogen and oxygen atoms in total. The lowest BCUT2D eigenvalue weighted by Gasteiger charge is -2.31. The van der Waals surface area contributed by atoms with Crippen LogP contribution >= 0.6 is 24.0 Å². The van der Waals surface area contributed by atoms with Crippen molar-refractivity contribution in [3.8, 4) is 0 Å². The fraction of sp³-hybridized carbons (Fsp3) is 0.625. The van der Waals surface area contributed by atoms with Gasteiger partial charge in [0.15, 0.2) is 11.8 Å². The largest absolute Gasteiger partial charge is 0.373 e. The average Bonchev–Trinajstić information content (AvgIpc) is 3.21. The van der Waals surface area contributed by atoms with Crippen molar-refractivity contribution in [2.75, 3.05) is 19.7 Å². The van der Waals surface area contributed by atoms with Gasteiger partial charge in [-0.3, -0.25) is 4.99 Å². The number of aromatic nitrogens is 3. The summed E-state index contributed by atoms with van der Waals surface area (Å²) >= 11 is 0. The number of nitrogens with zero attached hydrogens (tertiary/aromatic N) is 4. The fourth-order valence-electron chi connectivity index (χ4n) is 4.50. The van der Waals surface area contributed by atoms with Crippen molar-refractivity contribution in [1.82, 2.24) is 25.4 Å². The second kappa shape index (κ2) is 12.0. The molecule has 3 atom stereocenters. The van der Waals surface area contributed by atoms with Crippen LogP contribution in [-0.4, -0.2) is 46.5 Å². The molecule has 2 aliphatic rings. The highest BCUT2D eigenvalue weighted by molar-refractivity contribution is 14.0. The van der Waals surface area contributed by atoms with Crippen LogP contribution in [0.1, 0.15) is 62.0 Å². The van der Waals surface area contributed by atoms with Crippen molar-refractivity contribution in [3.63, 3.8) is 0 Å². The molecule has 0 bridgehead atoms. The summed E-state index contributed by atoms with van der Waals surface area (Å²) in [5.74, 6) is 3.33. The minimum Gasteiger partial charge on any atom is -0.373 e. The van der Waals surface area contributed by atoms with Gasteiger partial charge in [-0.1, -0.05) is 36.8 Å². The molecule has 0 amide bonds. The summed E-state index contributed by atoms with van der Waals surface area (Å²) in [6.45, 7) is 9.61. The van der Waals surface area contributed by atoms with Crippen LogP contribution in [0.25, 0.3) is 0 Å². The minimum absolute atomic E-state index is 0. The van der Waals surface area contributed by atoms with Crippen molar-refractivity contribution >= 4 is 29.9 Å². The molecule has 1 aromatic heterocycles. The number of ether oxygens (including phenoxy) is 1. The maximum Gasteiger partial charge on any atom is 0.191 e. The molecule has 0 saturated carbocycles. The van der Waals surface area contributed by atoms with Crippen LogP contribution in [0.3, 0.4) is 0 Å². The smallest absolute Gasteiger partial charge is 0.191 e. The molecule has 0 aliphatic carbocycles. The monoisotopic (exact) mass is 552 g/mol. The molecule has 1 saturated heterocycles. The fourth-order valence-corrected chi connectivity index (χ4v) is 4.50. The van der Waals surface area contributed by atoms with Gasteiger partial charge in [0.2, 0.25) is 0 Å². The molecule has 8 heteroatoms. The Kier molecular flexibility index (Phi) is 9.34. The highest BCUT2D eigenvalue weighted by atomic mass is 127. The number of aryl methyl sites for hydroxylation is 3. The first kappa shape index (κ1) is 25.0. The van der Waals surface area contributed by atoms with E-state index in [9.17, 15) is 0 Å². The van der Waals surface area contributed by atoms with Crippen LogP contribution in [0.5, 0.6) is 0 Å². The second-order valence-electron chi connectivity index (χ2n) is 8.68. The van der Waals surface area contributed by atoms with Gasteiger partial charge in [-0.25, -0.2) is 9.67 Å². The Hall–Kier alpha value is -1.68. The van der Waals surface area contributed by atoms with E-state index in [1.54, 1.807) is 0 Å². The Morgan fingerprint density at radius 3 is 2.78 bits per heavy atom. The van der Waals surface area contributed by atoms with Gasteiger partial charge < -0.3 is 15.4 Å². The summed E-state index contributed by atoms with van der Waals surface area (Å²) in [6, 6.07) is 9.06. The van der Waals surface area contributed by atoms with Gasteiger partial charge in [-0.2, -0.15) is 5.10 Å². The molecule has 0 radical (unpaired) electrons. The third-order valence-electron chi connectivity index (χ3n) is 6.24. The molecule has 3 heterocycles. The van der Waals surface area contributed by atoms with Crippen molar-refractivity contribution < 1.29 is 4.74 Å². The van der Waals surface area contributed by atoms with Crippen molar-refractivity contribution in [1.29, 1.82) is 0 Å². The first-order valence-electron chi connectivity index (χ1n) is 11.8. The topological polar surface area (TPSA) is 76.4 Å². The van der Waals surface area contributed by atoms with Crippen molar-refractivity contribution in [3.05, 3.63) is 47.0 Å². The van der Waals surface area contributed by atoms with Gasteiger partial charge in [-0.15, -0.1) is 24.0 Å². The van der Waals surface area contributed by atoms with E-state index in [2.05, 4.69) is 70.4 Å². The van der Waals surface area contributed by atoms with E-state index in [1.165, 1.54) is 11.1 Å². The maximum atomic E-state index is 6.18. The number of hydrogen-bond donors (Lipinski definition) is 2. The quantitative estimate of drug-likeness (QED) is 0.324. The van der Waals surface area contributed by atoms with Crippen LogP contribution in [0.2, 0.25) is 0 Å². The van der Waals surface area contributed by atoms with E-state index in [-0.39, 0.29) is 30.1 Å². The molecule has 1 aromatic carbocycles. The standard InChI is InChI=1S/C24H36N6O.HI/c1-4-21-28-22-13-12-20(16-30(22)29-21)27-24(25-5-2)26-15-19-7-6-14-31-23(19)18-10-8-17(3)9-11-18;/h8-11,19-20,23H,4-7,12-16H2,1-3H3,(H2,25,26,27);1H. The van der Waals surface area contributed by atoms with E-state index in [0.29, 0.717) is 12.0 Å². The maximum absolute atomic E-state index is 6.18. The lowest BCUT2D eigenvalue weighted by atomic mass is 9.89. The predicted molar refractivity (Wildman–Crippen MR) is 139 cm³/mol. The number of halogens is 1. The summed E-state index contributed by atoms with van der Waals surface area (Å²) in [6.07, 6.45) is 5.26. The molecule has 2 aromatic rings. The molecule has 1 fully saturated rings. The first-order chi connectivity index (χ1) is 15.2. The zero-order valence-corrected chi connectivity index (χ0v) is 21.8. The van der Waals surface area contributed by atoms with Gasteiger partial charge in [-0.05, 0) is 38.7 Å². The van der Waals surface area contributed by atoms with Crippen molar-refractivity contribution in [2.24, 2.45) is 10.9 Å². The number of aliphatic imine (C=N–C) groups is 1. The Morgan fingerprint density at radius 2 is 2.03 bits per heavy atom. The highest BCUT2D eigenvalue weighted by Crippen LogP contribution is 2.34. The summed E-state index contributed by atoms with van der Waals surface area (Å²) in [5.41, 5.74) is 2.54. The van der Waals surface area contributed by atoms with Crippen LogP contribution in [0.4, 0.5) is 0 Å². The van der Waals surface area contributed by atoms with Gasteiger partial charge >= 0.3 is 0 Å². The number of fused-ring (bicyclic) bond motifs is 1. The Morgan fingerprint density at radius 1 is 1.22 bits per heavy atom. The lowest BCUT2D eigenvalue weighted by Crippen LogP contribution is -2.47. The molecule has 3 unspecified atom stereocenters. The zero-order chi connectivity index (χ0) is 21.6. The Balaban J connectivity index is 0.00000289. The van der Waals surface area contributed by atoms with Crippen LogP contribution in [0, 0.1) is 12.8 Å². The Bertz CT molecular complexity index is 881. The summed E-state index contributed by atoms with van der Waals surface area (Å²) in [5, 5.41) is 11.7. The average molecular weight is 553 g/mol. The number of benzene rings is 1. The third-order valence-corrected chi connectivity index (χ3v) is 6.24. The molecular weight excluding hydrogens is 515 g/mol. The SMILES string of the molecule is CCNC(=NCC1CCCOC1c1ccc(C)cc1)NC1CCc2nc(CC)nn2C1.I. The van der Waals surface area contributed by atoms with Crippen LogP contribution in [0.15, 0.2) is 29.3 Å². The summed E-state index contributed by atoms with van der Waals surface area (Å²) in [4.78, 5) is 9.59. The van der Waals surface area contributed by atoms with E-state index in [0.717, 1.165) is 76.0 Å². The van der Waals surface area contributed by atoms with Gasteiger partial charge in [0, 0.05) is 44.5 Å². The highest BCUT2D eigenvalue weighted by Gasteiger charge is 2.28. The molecule has 4 rings (SSSR count). The lowest BCUT2D eigenvalue weighted by molar-refractivity contribution is -0.0250. The second-order valence-corrected chi connectivity index (χ2v) is 8.68. The predicted octanol–water partition coefficient (Wildman–Crippen LogP) is 3.80. The minimum atomic E-state index is 0. The summed E-state index contributed by atoms with van der Waals surface area (Å²) in [7, 11) is 0. The number of nitrogens with one attached hydrogen (secondary N) is 2. The molecule has 32 heavy (non-hydrogen) atoms. The third kappa shape index (κ3) is 6.21. The van der Waals surface area contributed by atoms with Gasteiger partial charge in [0.25, 0.3) is 0 Å². The molecule has 176 valence electrons. The van der Waals surface area contributed by atoms with E-state index in [1.807, 2.05) is 0 Å². The van der Waals surface area contributed by atoms with E-state index < -0.39 is 0 Å². The van der Waals surface area contributed by atoms with Crippen molar-refractivity contribution in [2.45, 2.75) is 71.6 Å². The van der Waals surface area contributed by atoms with E-state index in [4.69, 9.17) is 9.73 Å². The number of guanidine groups is 1. The summed E-state index contributed by atoms with van der Waals surface area (Å²) < 4.78 is 8.24. The molecular formula is C24H37IN6O. The van der Waals surface area contributed by atoms with Gasteiger partial charge in [0.1, 0.15) is 5.82 Å². The van der Waals surface area contributed by atoms with E-state index >= 15 is 0 Å². The zero-order valence-electron chi connectivity index (χ0n) is 19.5. The van der Waals surface area contributed by atoms with Gasteiger partial charge in [0.05, 0.1) is 12.6 Å². The molecule has 0 spiro atoms. The normalized spacial score (nSPS) is 23.2. The number of rotatable bonds is 6. The van der Waals surface area contributed by atoms with Crippen LogP contribution < -0.4 is 10.6 Å². The van der Waals surface area contributed by atoms with Crippen LogP contribution in [-0.2, 0) is 24.1 Å². The molecule has 2 N–H and O–H groups in total. The molecule has 2 aliphatic heterocycles. The number of hydrogen-bond acceptors (Lipinski definition) is 4. The Labute approximate surface area is 208 Å².